The van der Waals surface area contributed by atoms with Gasteiger partial charge in [0.2, 0.25) is 0 Å². The van der Waals surface area contributed by atoms with Gasteiger partial charge in [-0.2, -0.15) is 0 Å². The number of likely N-dealkylation sites (tertiary alicyclic amines) is 1. The van der Waals surface area contributed by atoms with Crippen LogP contribution < -0.4 is 0 Å². The van der Waals surface area contributed by atoms with E-state index in [0.717, 1.165) is 13.0 Å². The number of rotatable bonds is 3. The summed E-state index contributed by atoms with van der Waals surface area (Å²) in [5, 5.41) is 9.18. The SMILES string of the molecule is C=CCN1CC2CCCC2C1C(=O)O. The van der Waals surface area contributed by atoms with Crippen molar-refractivity contribution in [3.63, 3.8) is 0 Å². The molecule has 1 aliphatic carbocycles. The molecule has 0 bridgehead atoms. The smallest absolute Gasteiger partial charge is 0.321 e. The molecule has 0 spiro atoms. The average molecular weight is 195 g/mol. The van der Waals surface area contributed by atoms with E-state index in [1.165, 1.54) is 12.8 Å². The molecule has 1 saturated heterocycles. The van der Waals surface area contributed by atoms with Gasteiger partial charge in [-0.15, -0.1) is 6.58 Å². The lowest BCUT2D eigenvalue weighted by Crippen LogP contribution is -2.39. The number of hydrogen-bond acceptors (Lipinski definition) is 2. The Morgan fingerprint density at radius 3 is 3.00 bits per heavy atom. The number of hydrogen-bond donors (Lipinski definition) is 1. The summed E-state index contributed by atoms with van der Waals surface area (Å²) in [5.41, 5.74) is 0. The van der Waals surface area contributed by atoms with E-state index >= 15 is 0 Å². The zero-order valence-corrected chi connectivity index (χ0v) is 8.35. The molecule has 3 heteroatoms. The molecule has 0 radical (unpaired) electrons. The fourth-order valence-electron chi connectivity index (χ4n) is 3.09. The van der Waals surface area contributed by atoms with Crippen molar-refractivity contribution in [3.05, 3.63) is 12.7 Å². The fraction of sp³-hybridized carbons (Fsp3) is 0.727. The first-order valence-corrected chi connectivity index (χ1v) is 5.31. The van der Waals surface area contributed by atoms with Crippen LogP contribution in [-0.4, -0.2) is 35.1 Å². The standard InChI is InChI=1S/C11H17NO2/c1-2-6-12-7-8-4-3-5-9(8)10(12)11(13)14/h2,8-10H,1,3-7H2,(H,13,14). The number of nitrogens with zero attached hydrogens (tertiary/aromatic N) is 1. The molecule has 14 heavy (non-hydrogen) atoms. The minimum Gasteiger partial charge on any atom is -0.480 e. The van der Waals surface area contributed by atoms with Gasteiger partial charge in [0, 0.05) is 13.1 Å². The van der Waals surface area contributed by atoms with Crippen LogP contribution in [0.3, 0.4) is 0 Å². The van der Waals surface area contributed by atoms with Crippen LogP contribution in [0.1, 0.15) is 19.3 Å². The molecular formula is C11H17NO2. The first kappa shape index (κ1) is 9.71. The summed E-state index contributed by atoms with van der Waals surface area (Å²) >= 11 is 0. The number of carboxylic acids is 1. The van der Waals surface area contributed by atoms with E-state index in [0.29, 0.717) is 18.4 Å². The van der Waals surface area contributed by atoms with E-state index in [2.05, 4.69) is 11.5 Å². The van der Waals surface area contributed by atoms with Gasteiger partial charge in [0.05, 0.1) is 0 Å². The minimum absolute atomic E-state index is 0.250. The van der Waals surface area contributed by atoms with Crippen molar-refractivity contribution in [2.24, 2.45) is 11.8 Å². The maximum atomic E-state index is 11.2. The second kappa shape index (κ2) is 3.73. The lowest BCUT2D eigenvalue weighted by atomic mass is 9.94. The molecule has 0 amide bonds. The lowest BCUT2D eigenvalue weighted by molar-refractivity contribution is -0.143. The van der Waals surface area contributed by atoms with E-state index in [1.54, 1.807) is 6.08 Å². The Balaban J connectivity index is 2.13. The summed E-state index contributed by atoms with van der Waals surface area (Å²) in [6.45, 7) is 5.34. The second-order valence-corrected chi connectivity index (χ2v) is 4.38. The van der Waals surface area contributed by atoms with Crippen LogP contribution in [0, 0.1) is 11.8 Å². The number of carbonyl (C=O) groups is 1. The molecule has 0 aromatic heterocycles. The molecule has 0 aromatic rings. The normalized spacial score (nSPS) is 37.0. The Bertz CT molecular complexity index is 252. The summed E-state index contributed by atoms with van der Waals surface area (Å²) in [5.74, 6) is 0.366. The summed E-state index contributed by atoms with van der Waals surface area (Å²) in [7, 11) is 0. The highest BCUT2D eigenvalue weighted by molar-refractivity contribution is 5.74. The second-order valence-electron chi connectivity index (χ2n) is 4.38. The lowest BCUT2D eigenvalue weighted by Gasteiger charge is -2.22. The number of aliphatic carboxylic acids is 1. The predicted molar refractivity (Wildman–Crippen MR) is 54.0 cm³/mol. The number of carboxylic acid groups (broad SMARTS) is 1. The van der Waals surface area contributed by atoms with Crippen LogP contribution in [0.25, 0.3) is 0 Å². The van der Waals surface area contributed by atoms with Gasteiger partial charge in [-0.05, 0) is 24.7 Å². The molecule has 3 atom stereocenters. The molecule has 1 heterocycles. The number of fused-ring (bicyclic) bond motifs is 1. The highest BCUT2D eigenvalue weighted by Gasteiger charge is 2.46. The minimum atomic E-state index is -0.652. The summed E-state index contributed by atoms with van der Waals surface area (Å²) < 4.78 is 0. The Labute approximate surface area is 84.4 Å². The van der Waals surface area contributed by atoms with Crippen molar-refractivity contribution in [2.75, 3.05) is 13.1 Å². The van der Waals surface area contributed by atoms with Gasteiger partial charge in [-0.3, -0.25) is 9.69 Å². The van der Waals surface area contributed by atoms with Crippen molar-refractivity contribution in [2.45, 2.75) is 25.3 Å². The van der Waals surface area contributed by atoms with E-state index in [1.807, 2.05) is 0 Å². The van der Waals surface area contributed by atoms with Crippen molar-refractivity contribution in [1.82, 2.24) is 4.90 Å². The third-order valence-corrected chi connectivity index (χ3v) is 3.60. The zero-order chi connectivity index (χ0) is 10.1. The molecule has 2 aliphatic rings. The van der Waals surface area contributed by atoms with Gasteiger partial charge >= 0.3 is 5.97 Å². The monoisotopic (exact) mass is 195 g/mol. The van der Waals surface area contributed by atoms with Crippen LogP contribution in [0.4, 0.5) is 0 Å². The molecule has 78 valence electrons. The zero-order valence-electron chi connectivity index (χ0n) is 8.35. The molecule has 1 N–H and O–H groups in total. The maximum absolute atomic E-state index is 11.2. The molecule has 3 unspecified atom stereocenters. The molecule has 1 aliphatic heterocycles. The summed E-state index contributed by atoms with van der Waals surface area (Å²) in [4.78, 5) is 13.2. The Hall–Kier alpha value is -0.830. The molecule has 0 aromatic carbocycles. The van der Waals surface area contributed by atoms with Crippen LogP contribution in [0.5, 0.6) is 0 Å². The molecule has 2 rings (SSSR count). The van der Waals surface area contributed by atoms with E-state index in [9.17, 15) is 9.90 Å². The van der Waals surface area contributed by atoms with Gasteiger partial charge in [-0.1, -0.05) is 12.5 Å². The maximum Gasteiger partial charge on any atom is 0.321 e. The topological polar surface area (TPSA) is 40.5 Å². The Kier molecular flexibility index (Phi) is 2.59. The van der Waals surface area contributed by atoms with Crippen LogP contribution >= 0.6 is 0 Å². The average Bonchev–Trinajstić information content (AvgIpc) is 2.62. The summed E-state index contributed by atoms with van der Waals surface area (Å²) in [6, 6.07) is -0.250. The predicted octanol–water partition coefficient (Wildman–Crippen LogP) is 1.36. The highest BCUT2D eigenvalue weighted by Crippen LogP contribution is 2.41. The molecule has 1 saturated carbocycles. The quantitative estimate of drug-likeness (QED) is 0.691. The van der Waals surface area contributed by atoms with Crippen LogP contribution in [0.15, 0.2) is 12.7 Å². The van der Waals surface area contributed by atoms with Gasteiger partial charge in [0.15, 0.2) is 0 Å². The van der Waals surface area contributed by atoms with Gasteiger partial charge in [0.1, 0.15) is 6.04 Å². The van der Waals surface area contributed by atoms with Crippen LogP contribution in [0.2, 0.25) is 0 Å². The van der Waals surface area contributed by atoms with E-state index < -0.39 is 5.97 Å². The van der Waals surface area contributed by atoms with Crippen molar-refractivity contribution < 1.29 is 9.90 Å². The van der Waals surface area contributed by atoms with Gasteiger partial charge < -0.3 is 5.11 Å². The Morgan fingerprint density at radius 1 is 1.57 bits per heavy atom. The molecule has 2 fully saturated rings. The Morgan fingerprint density at radius 2 is 2.36 bits per heavy atom. The fourth-order valence-corrected chi connectivity index (χ4v) is 3.09. The van der Waals surface area contributed by atoms with E-state index in [4.69, 9.17) is 0 Å². The van der Waals surface area contributed by atoms with Crippen molar-refractivity contribution >= 4 is 5.97 Å². The highest BCUT2D eigenvalue weighted by atomic mass is 16.4. The van der Waals surface area contributed by atoms with Crippen molar-refractivity contribution in [3.8, 4) is 0 Å². The molecule has 3 nitrogen and oxygen atoms in total. The molecular weight excluding hydrogens is 178 g/mol. The third-order valence-electron chi connectivity index (χ3n) is 3.60. The van der Waals surface area contributed by atoms with Gasteiger partial charge in [0.25, 0.3) is 0 Å². The van der Waals surface area contributed by atoms with E-state index in [-0.39, 0.29) is 6.04 Å². The van der Waals surface area contributed by atoms with Gasteiger partial charge in [-0.25, -0.2) is 0 Å². The first-order valence-electron chi connectivity index (χ1n) is 5.31. The van der Waals surface area contributed by atoms with Crippen molar-refractivity contribution in [1.29, 1.82) is 0 Å². The summed E-state index contributed by atoms with van der Waals surface area (Å²) in [6.07, 6.45) is 5.31. The first-order chi connectivity index (χ1) is 6.74. The third kappa shape index (κ3) is 1.46. The van der Waals surface area contributed by atoms with Crippen LogP contribution in [-0.2, 0) is 4.79 Å². The largest absolute Gasteiger partial charge is 0.480 e.